The number of ether oxygens (including phenoxy) is 4. The topological polar surface area (TPSA) is 240 Å². The minimum atomic E-state index is -1.19. The maximum Gasteiger partial charge on any atom is 3.00 e. The number of carbonyl (C=O) groups is 5. The van der Waals surface area contributed by atoms with Crippen molar-refractivity contribution in [1.29, 1.82) is 0 Å². The summed E-state index contributed by atoms with van der Waals surface area (Å²) in [6.07, 6.45) is 0. The molecule has 0 atom stereocenters. The van der Waals surface area contributed by atoms with Gasteiger partial charge in [-0.2, -0.15) is 0 Å². The molecule has 0 rings (SSSR count). The zero-order valence-electron chi connectivity index (χ0n) is 27.8. The largest absolute Gasteiger partial charge is 3.00 e. The van der Waals surface area contributed by atoms with Crippen molar-refractivity contribution in [2.24, 2.45) is 0 Å². The summed E-state index contributed by atoms with van der Waals surface area (Å²) in [4.78, 5) is 68.0. The Morgan fingerprint density at radius 2 is 0.771 bits per heavy atom. The van der Waals surface area contributed by atoms with E-state index in [0.717, 1.165) is 0 Å². The molecule has 0 aliphatic heterocycles. The van der Waals surface area contributed by atoms with E-state index in [0.29, 0.717) is 0 Å². The number of methoxy groups -OCH3 is 2. The minimum absolute atomic E-state index is 0. The zero-order chi connectivity index (χ0) is 35.5. The molecule has 0 aromatic rings. The SMILES string of the molecule is COCCN(CCOCCO)C(=O)CN(CCN(CCN(CC(=O)O)CC(=O)N(CCOC)CCOCCO)CC(=O)O)CC(=O)O.[Gd+3]. The van der Waals surface area contributed by atoms with Gasteiger partial charge in [-0.1, -0.05) is 0 Å². The summed E-state index contributed by atoms with van der Waals surface area (Å²) in [6, 6.07) is 0. The fraction of sp³-hybridized carbons (Fsp3) is 0.821. The number of aliphatic carboxylic acids is 3. The van der Waals surface area contributed by atoms with Crippen molar-refractivity contribution in [2.75, 3.05) is 152 Å². The molecule has 2 amide bonds. The molecule has 0 spiro atoms. The number of rotatable bonds is 32. The molecule has 279 valence electrons. The van der Waals surface area contributed by atoms with Gasteiger partial charge in [0.25, 0.3) is 0 Å². The van der Waals surface area contributed by atoms with E-state index in [-0.39, 0.29) is 158 Å². The van der Waals surface area contributed by atoms with Crippen LogP contribution in [0.25, 0.3) is 0 Å². The molecule has 19 nitrogen and oxygen atoms in total. The van der Waals surface area contributed by atoms with Crippen molar-refractivity contribution in [1.82, 2.24) is 24.5 Å². The molecule has 0 aromatic heterocycles. The van der Waals surface area contributed by atoms with Crippen molar-refractivity contribution < 1.29 is 108 Å². The quantitative estimate of drug-likeness (QED) is 0.0407. The van der Waals surface area contributed by atoms with E-state index in [1.165, 1.54) is 38.7 Å². The predicted molar refractivity (Wildman–Crippen MR) is 165 cm³/mol. The van der Waals surface area contributed by atoms with E-state index in [9.17, 15) is 39.3 Å². The van der Waals surface area contributed by atoms with Gasteiger partial charge in [0.15, 0.2) is 0 Å². The van der Waals surface area contributed by atoms with Crippen LogP contribution in [-0.4, -0.2) is 232 Å². The van der Waals surface area contributed by atoms with Crippen LogP contribution >= 0.6 is 0 Å². The second-order valence-electron chi connectivity index (χ2n) is 10.3. The number of amides is 2. The van der Waals surface area contributed by atoms with E-state index in [2.05, 4.69) is 0 Å². The normalized spacial score (nSPS) is 11.1. The second-order valence-corrected chi connectivity index (χ2v) is 10.3. The average Bonchev–Trinajstić information content (AvgIpc) is 3.00. The van der Waals surface area contributed by atoms with Crippen LogP contribution in [0.4, 0.5) is 0 Å². The van der Waals surface area contributed by atoms with Gasteiger partial charge in [0.1, 0.15) is 0 Å². The first-order valence-corrected chi connectivity index (χ1v) is 15.2. The Hall–Kier alpha value is -1.69. The molecule has 0 fully saturated rings. The Balaban J connectivity index is 0. The summed E-state index contributed by atoms with van der Waals surface area (Å²) < 4.78 is 20.6. The fourth-order valence-corrected chi connectivity index (χ4v) is 4.23. The van der Waals surface area contributed by atoms with Crippen molar-refractivity contribution in [3.63, 3.8) is 0 Å². The van der Waals surface area contributed by atoms with Gasteiger partial charge in [0.2, 0.25) is 11.8 Å². The van der Waals surface area contributed by atoms with Crippen LogP contribution in [0.1, 0.15) is 0 Å². The summed E-state index contributed by atoms with van der Waals surface area (Å²) in [5.74, 6) is -4.35. The predicted octanol–water partition coefficient (Wildman–Crippen LogP) is -3.89. The van der Waals surface area contributed by atoms with E-state index in [1.54, 1.807) is 0 Å². The Bertz CT molecular complexity index is 845. The molecule has 0 unspecified atom stereocenters. The van der Waals surface area contributed by atoms with Crippen LogP contribution in [0.2, 0.25) is 0 Å². The van der Waals surface area contributed by atoms with E-state index in [1.807, 2.05) is 0 Å². The van der Waals surface area contributed by atoms with Gasteiger partial charge < -0.3 is 54.3 Å². The fourth-order valence-electron chi connectivity index (χ4n) is 4.23. The van der Waals surface area contributed by atoms with Crippen LogP contribution in [0.15, 0.2) is 0 Å². The standard InChI is InChI=1S/C28H53N5O14.Gd/c1-44-13-7-32(9-15-46-17-11-34)24(36)19-30(22-27(40)41)5-3-29(21-26(38)39)4-6-31(23-28(42)43)20-25(37)33(8-14-45-2)10-16-47-18-12-35;/h34-35H,3-23H2,1-2H3,(H,38,39)(H,40,41)(H,42,43);/q;+3. The van der Waals surface area contributed by atoms with E-state index >= 15 is 0 Å². The first-order chi connectivity index (χ1) is 22.5. The van der Waals surface area contributed by atoms with Crippen LogP contribution < -0.4 is 0 Å². The molecular weight excluding hydrogens is 788 g/mol. The monoisotopic (exact) mass is 841 g/mol. The average molecular weight is 841 g/mol. The number of hydrogen-bond acceptors (Lipinski definition) is 14. The molecule has 0 aromatic carbocycles. The van der Waals surface area contributed by atoms with E-state index in [4.69, 9.17) is 29.2 Å². The number of nitrogens with zero attached hydrogens (tertiary/aromatic N) is 5. The maximum absolute atomic E-state index is 13.1. The van der Waals surface area contributed by atoms with Gasteiger partial charge in [-0.25, -0.2) is 0 Å². The molecule has 0 aliphatic carbocycles. The van der Waals surface area contributed by atoms with Gasteiger partial charge in [-0.15, -0.1) is 0 Å². The molecule has 0 saturated carbocycles. The summed E-state index contributed by atoms with van der Waals surface area (Å²) in [5.41, 5.74) is 0. The van der Waals surface area contributed by atoms with Crippen LogP contribution in [0.5, 0.6) is 0 Å². The van der Waals surface area contributed by atoms with Crippen molar-refractivity contribution in [3.8, 4) is 0 Å². The zero-order valence-corrected chi connectivity index (χ0v) is 30.1. The number of aliphatic hydroxyl groups is 2. The summed E-state index contributed by atoms with van der Waals surface area (Å²) in [5, 5.41) is 46.2. The van der Waals surface area contributed by atoms with Gasteiger partial charge in [-0.3, -0.25) is 38.7 Å². The van der Waals surface area contributed by atoms with Crippen molar-refractivity contribution in [2.45, 2.75) is 0 Å². The van der Waals surface area contributed by atoms with E-state index < -0.39 is 49.4 Å². The third-order valence-electron chi connectivity index (χ3n) is 6.58. The van der Waals surface area contributed by atoms with Crippen LogP contribution in [-0.2, 0) is 42.9 Å². The smallest absolute Gasteiger partial charge is 0.480 e. The summed E-state index contributed by atoms with van der Waals surface area (Å²) >= 11 is 0. The summed E-state index contributed by atoms with van der Waals surface area (Å²) in [6.45, 7) is -0.521. The molecule has 0 saturated heterocycles. The van der Waals surface area contributed by atoms with Crippen molar-refractivity contribution in [3.05, 3.63) is 0 Å². The molecular formula is C28H53GdN5O14+3. The molecule has 0 aliphatic rings. The Morgan fingerprint density at radius 3 is 1.08 bits per heavy atom. The van der Waals surface area contributed by atoms with Crippen LogP contribution in [0.3, 0.4) is 0 Å². The molecule has 0 bridgehead atoms. The Labute approximate surface area is 313 Å². The Morgan fingerprint density at radius 1 is 0.458 bits per heavy atom. The third-order valence-corrected chi connectivity index (χ3v) is 6.58. The Kier molecular flexibility index (Phi) is 31.6. The number of aliphatic hydroxyl groups excluding tert-OH is 2. The number of carboxylic acids is 3. The van der Waals surface area contributed by atoms with Crippen LogP contribution in [0, 0.1) is 39.9 Å². The molecule has 48 heavy (non-hydrogen) atoms. The van der Waals surface area contributed by atoms with Gasteiger partial charge in [0.05, 0.1) is 85.6 Å². The van der Waals surface area contributed by atoms with Gasteiger partial charge in [-0.05, 0) is 0 Å². The first-order valence-electron chi connectivity index (χ1n) is 15.2. The number of carbonyl (C=O) groups excluding carboxylic acids is 2. The summed E-state index contributed by atoms with van der Waals surface area (Å²) in [7, 11) is 2.94. The second kappa shape index (κ2) is 31.3. The molecule has 0 heterocycles. The molecule has 1 radical (unpaired) electrons. The number of hydrogen-bond donors (Lipinski definition) is 5. The number of carboxylic acid groups (broad SMARTS) is 3. The van der Waals surface area contributed by atoms with Crippen molar-refractivity contribution >= 4 is 29.7 Å². The minimum Gasteiger partial charge on any atom is -0.480 e. The third kappa shape index (κ3) is 26.2. The first kappa shape index (κ1) is 48.4. The maximum atomic E-state index is 13.1. The molecule has 20 heteroatoms. The molecule has 5 N–H and O–H groups in total. The van der Waals surface area contributed by atoms with Gasteiger partial charge >= 0.3 is 57.8 Å². The van der Waals surface area contributed by atoms with Gasteiger partial charge in [0, 0.05) is 66.6 Å².